The van der Waals surface area contributed by atoms with E-state index in [1.54, 1.807) is 18.2 Å². The Morgan fingerprint density at radius 1 is 1.29 bits per heavy atom. The van der Waals surface area contributed by atoms with Crippen LogP contribution in [0.3, 0.4) is 0 Å². The SMILES string of the molecule is CC(C)c1c(Cl)cccc1N(C(=O)O)C(C)C. The molecule has 0 bridgehead atoms. The van der Waals surface area contributed by atoms with Crippen molar-refractivity contribution in [2.45, 2.75) is 39.7 Å². The number of benzene rings is 1. The van der Waals surface area contributed by atoms with Crippen molar-refractivity contribution in [3.8, 4) is 0 Å². The Hall–Kier alpha value is -1.22. The maximum atomic E-state index is 11.3. The highest BCUT2D eigenvalue weighted by Crippen LogP contribution is 2.34. The van der Waals surface area contributed by atoms with Crippen LogP contribution in [0.15, 0.2) is 18.2 Å². The lowest BCUT2D eigenvalue weighted by molar-refractivity contribution is 0.200. The summed E-state index contributed by atoms with van der Waals surface area (Å²) in [5, 5.41) is 9.89. The van der Waals surface area contributed by atoms with E-state index in [1.165, 1.54) is 4.90 Å². The molecule has 1 rings (SSSR count). The van der Waals surface area contributed by atoms with Crippen LogP contribution in [0.1, 0.15) is 39.2 Å². The van der Waals surface area contributed by atoms with Crippen molar-refractivity contribution >= 4 is 23.4 Å². The molecule has 1 aromatic rings. The fourth-order valence-corrected chi connectivity index (χ4v) is 2.30. The summed E-state index contributed by atoms with van der Waals surface area (Å²) in [7, 11) is 0. The monoisotopic (exact) mass is 255 g/mol. The first-order chi connectivity index (χ1) is 7.86. The smallest absolute Gasteiger partial charge is 0.412 e. The van der Waals surface area contributed by atoms with Gasteiger partial charge in [0, 0.05) is 11.1 Å². The Bertz CT molecular complexity index is 416. The Morgan fingerprint density at radius 2 is 1.88 bits per heavy atom. The van der Waals surface area contributed by atoms with E-state index < -0.39 is 6.09 Å². The third-order valence-electron chi connectivity index (χ3n) is 2.59. The van der Waals surface area contributed by atoms with Crippen LogP contribution >= 0.6 is 11.6 Å². The number of carboxylic acid groups (broad SMARTS) is 1. The molecule has 0 saturated carbocycles. The molecule has 0 aliphatic carbocycles. The molecule has 1 amide bonds. The lowest BCUT2D eigenvalue weighted by atomic mass is 10.00. The van der Waals surface area contributed by atoms with Gasteiger partial charge in [-0.2, -0.15) is 0 Å². The number of hydrogen-bond donors (Lipinski definition) is 1. The molecule has 0 unspecified atom stereocenters. The van der Waals surface area contributed by atoms with E-state index in [0.717, 1.165) is 5.56 Å². The van der Waals surface area contributed by atoms with E-state index in [4.69, 9.17) is 11.6 Å². The molecule has 0 radical (unpaired) electrons. The van der Waals surface area contributed by atoms with Crippen molar-refractivity contribution in [1.29, 1.82) is 0 Å². The van der Waals surface area contributed by atoms with Crippen LogP contribution < -0.4 is 4.90 Å². The zero-order chi connectivity index (χ0) is 13.2. The summed E-state index contributed by atoms with van der Waals surface area (Å²) >= 11 is 6.16. The lowest BCUT2D eigenvalue weighted by Crippen LogP contribution is -2.36. The van der Waals surface area contributed by atoms with Crippen LogP contribution in [0.25, 0.3) is 0 Å². The number of anilines is 1. The molecule has 1 aromatic carbocycles. The quantitative estimate of drug-likeness (QED) is 0.872. The van der Waals surface area contributed by atoms with Crippen molar-refractivity contribution in [2.24, 2.45) is 0 Å². The van der Waals surface area contributed by atoms with E-state index >= 15 is 0 Å². The van der Waals surface area contributed by atoms with Gasteiger partial charge in [0.15, 0.2) is 0 Å². The Balaban J connectivity index is 3.38. The van der Waals surface area contributed by atoms with Gasteiger partial charge in [0.25, 0.3) is 0 Å². The van der Waals surface area contributed by atoms with Crippen LogP contribution in [0.5, 0.6) is 0 Å². The highest BCUT2D eigenvalue weighted by Gasteiger charge is 2.23. The van der Waals surface area contributed by atoms with Crippen LogP contribution in [0.2, 0.25) is 5.02 Å². The summed E-state index contributed by atoms with van der Waals surface area (Å²) in [4.78, 5) is 12.7. The van der Waals surface area contributed by atoms with Crippen LogP contribution in [-0.2, 0) is 0 Å². The highest BCUT2D eigenvalue weighted by molar-refractivity contribution is 6.32. The summed E-state index contributed by atoms with van der Waals surface area (Å²) in [6.45, 7) is 7.70. The fourth-order valence-electron chi connectivity index (χ4n) is 1.91. The maximum Gasteiger partial charge on any atom is 0.412 e. The Kier molecular flexibility index (Phi) is 4.40. The number of rotatable bonds is 3. The van der Waals surface area contributed by atoms with Gasteiger partial charge in [-0.3, -0.25) is 4.90 Å². The minimum atomic E-state index is -0.954. The molecule has 4 heteroatoms. The lowest BCUT2D eigenvalue weighted by Gasteiger charge is -2.27. The molecule has 0 atom stereocenters. The summed E-state index contributed by atoms with van der Waals surface area (Å²) in [5.41, 5.74) is 1.56. The van der Waals surface area contributed by atoms with Crippen molar-refractivity contribution < 1.29 is 9.90 Å². The van der Waals surface area contributed by atoms with Gasteiger partial charge >= 0.3 is 6.09 Å². The van der Waals surface area contributed by atoms with Gasteiger partial charge in [0.05, 0.1) is 5.69 Å². The van der Waals surface area contributed by atoms with Crippen LogP contribution in [0.4, 0.5) is 10.5 Å². The Morgan fingerprint density at radius 3 is 2.29 bits per heavy atom. The molecular formula is C13H18ClNO2. The molecule has 1 N–H and O–H groups in total. The first kappa shape index (κ1) is 13.8. The van der Waals surface area contributed by atoms with E-state index in [-0.39, 0.29) is 12.0 Å². The zero-order valence-corrected chi connectivity index (χ0v) is 11.3. The molecule has 0 heterocycles. The fraction of sp³-hybridized carbons (Fsp3) is 0.462. The summed E-state index contributed by atoms with van der Waals surface area (Å²) in [6, 6.07) is 5.25. The van der Waals surface area contributed by atoms with E-state index in [2.05, 4.69) is 0 Å². The molecule has 0 fully saturated rings. The highest BCUT2D eigenvalue weighted by atomic mass is 35.5. The van der Waals surface area contributed by atoms with Crippen molar-refractivity contribution in [3.05, 3.63) is 28.8 Å². The first-order valence-corrected chi connectivity index (χ1v) is 6.04. The summed E-state index contributed by atoms with van der Waals surface area (Å²) in [5.74, 6) is 0.180. The third-order valence-corrected chi connectivity index (χ3v) is 2.92. The average Bonchev–Trinajstić information content (AvgIpc) is 2.15. The Labute approximate surface area is 107 Å². The van der Waals surface area contributed by atoms with Gasteiger partial charge in [0.2, 0.25) is 0 Å². The molecule has 0 spiro atoms. The number of halogens is 1. The minimum Gasteiger partial charge on any atom is -0.465 e. The number of hydrogen-bond acceptors (Lipinski definition) is 1. The van der Waals surface area contributed by atoms with Gasteiger partial charge in [-0.05, 0) is 37.5 Å². The largest absolute Gasteiger partial charge is 0.465 e. The molecule has 0 aliphatic heterocycles. The number of nitrogens with zero attached hydrogens (tertiary/aromatic N) is 1. The molecule has 0 saturated heterocycles. The van der Waals surface area contributed by atoms with E-state index in [0.29, 0.717) is 10.7 Å². The number of amides is 1. The van der Waals surface area contributed by atoms with Gasteiger partial charge < -0.3 is 5.11 Å². The summed E-state index contributed by atoms with van der Waals surface area (Å²) < 4.78 is 0. The molecule has 94 valence electrons. The number of carbonyl (C=O) groups is 1. The van der Waals surface area contributed by atoms with Gasteiger partial charge in [-0.15, -0.1) is 0 Å². The molecule has 17 heavy (non-hydrogen) atoms. The van der Waals surface area contributed by atoms with Gasteiger partial charge in [-0.25, -0.2) is 4.79 Å². The topological polar surface area (TPSA) is 40.5 Å². The van der Waals surface area contributed by atoms with Crippen LogP contribution in [-0.4, -0.2) is 17.2 Å². The average molecular weight is 256 g/mol. The minimum absolute atomic E-state index is 0.122. The van der Waals surface area contributed by atoms with Crippen LogP contribution in [0, 0.1) is 0 Å². The normalized spacial score (nSPS) is 11.0. The maximum absolute atomic E-state index is 11.3. The van der Waals surface area contributed by atoms with E-state index in [9.17, 15) is 9.90 Å². The second kappa shape index (κ2) is 5.41. The van der Waals surface area contributed by atoms with Gasteiger partial charge in [-0.1, -0.05) is 31.5 Å². The molecule has 0 aromatic heterocycles. The van der Waals surface area contributed by atoms with Crippen molar-refractivity contribution in [3.63, 3.8) is 0 Å². The van der Waals surface area contributed by atoms with Crippen molar-refractivity contribution in [1.82, 2.24) is 0 Å². The van der Waals surface area contributed by atoms with Crippen molar-refractivity contribution in [2.75, 3.05) is 4.90 Å². The van der Waals surface area contributed by atoms with Gasteiger partial charge in [0.1, 0.15) is 0 Å². The first-order valence-electron chi connectivity index (χ1n) is 5.66. The molecule has 3 nitrogen and oxygen atoms in total. The van der Waals surface area contributed by atoms with E-state index in [1.807, 2.05) is 27.7 Å². The third kappa shape index (κ3) is 2.91. The molecular weight excluding hydrogens is 238 g/mol. The summed E-state index contributed by atoms with van der Waals surface area (Å²) in [6.07, 6.45) is -0.954. The predicted octanol–water partition coefficient (Wildman–Crippen LogP) is 4.36. The molecule has 0 aliphatic rings. The predicted molar refractivity (Wildman–Crippen MR) is 71.2 cm³/mol. The zero-order valence-electron chi connectivity index (χ0n) is 10.6. The second-order valence-electron chi connectivity index (χ2n) is 4.57. The second-order valence-corrected chi connectivity index (χ2v) is 4.98. The standard InChI is InChI=1S/C13H18ClNO2/c1-8(2)12-10(14)6-5-7-11(12)15(9(3)4)13(16)17/h5-9H,1-4H3,(H,16,17).